The average Bonchev–Trinajstić information content (AvgIpc) is 2.78. The lowest BCUT2D eigenvalue weighted by atomic mass is 9.70. The molecule has 0 aliphatic carbocycles. The van der Waals surface area contributed by atoms with Gasteiger partial charge in [-0.05, 0) is 37.8 Å². The van der Waals surface area contributed by atoms with E-state index in [1.807, 2.05) is 24.3 Å². The van der Waals surface area contributed by atoms with E-state index in [1.54, 1.807) is 0 Å². The molecule has 0 N–H and O–H groups in total. The lowest BCUT2D eigenvalue weighted by Crippen LogP contribution is -2.66. The number of piperidine rings is 1. The van der Waals surface area contributed by atoms with Crippen molar-refractivity contribution in [2.75, 3.05) is 0 Å². The summed E-state index contributed by atoms with van der Waals surface area (Å²) in [7, 11) is 0. The van der Waals surface area contributed by atoms with Crippen LogP contribution in [0.2, 0.25) is 0 Å². The van der Waals surface area contributed by atoms with Crippen molar-refractivity contribution in [3.63, 3.8) is 0 Å². The SMILES string of the molecule is CCC1(C)C/C(=N/OCc2ccccc2)C(C)C(C)(CC)N1OCc1ccccc1. The van der Waals surface area contributed by atoms with Crippen molar-refractivity contribution in [3.05, 3.63) is 71.8 Å². The second kappa shape index (κ2) is 9.76. The van der Waals surface area contributed by atoms with Gasteiger partial charge < -0.3 is 4.84 Å². The summed E-state index contributed by atoms with van der Waals surface area (Å²) in [6.07, 6.45) is 2.78. The Morgan fingerprint density at radius 2 is 1.47 bits per heavy atom. The van der Waals surface area contributed by atoms with Gasteiger partial charge in [0.2, 0.25) is 0 Å². The fourth-order valence-corrected chi connectivity index (χ4v) is 4.38. The van der Waals surface area contributed by atoms with Crippen LogP contribution in [0.25, 0.3) is 0 Å². The molecule has 0 amide bonds. The van der Waals surface area contributed by atoms with E-state index in [1.165, 1.54) is 5.56 Å². The van der Waals surface area contributed by atoms with Crippen LogP contribution in [0.1, 0.15) is 65.0 Å². The largest absolute Gasteiger partial charge is 0.391 e. The van der Waals surface area contributed by atoms with E-state index in [2.05, 4.69) is 81.2 Å². The standard InChI is InChI=1S/C26H36N2O2/c1-6-25(4)18-24(27-29-19-22-14-10-8-11-15-22)21(3)26(5,7-2)28(25)30-20-23-16-12-9-13-17-23/h8-17,21H,6-7,18-20H2,1-5H3/b27-24-. The van der Waals surface area contributed by atoms with E-state index >= 15 is 0 Å². The van der Waals surface area contributed by atoms with Gasteiger partial charge in [-0.15, -0.1) is 0 Å². The Kier molecular flexibility index (Phi) is 7.32. The zero-order chi connectivity index (χ0) is 21.6. The first-order valence-electron chi connectivity index (χ1n) is 11.1. The summed E-state index contributed by atoms with van der Waals surface area (Å²) in [5.74, 6) is 0.230. The third kappa shape index (κ3) is 4.76. The first-order valence-corrected chi connectivity index (χ1v) is 11.1. The Labute approximate surface area is 181 Å². The first kappa shape index (κ1) is 22.5. The molecular weight excluding hydrogens is 372 g/mol. The van der Waals surface area contributed by atoms with Crippen LogP contribution in [-0.2, 0) is 22.9 Å². The van der Waals surface area contributed by atoms with Gasteiger partial charge in [0.25, 0.3) is 0 Å². The molecule has 4 nitrogen and oxygen atoms in total. The zero-order valence-electron chi connectivity index (χ0n) is 19.1. The topological polar surface area (TPSA) is 34.1 Å². The van der Waals surface area contributed by atoms with Crippen LogP contribution < -0.4 is 0 Å². The van der Waals surface area contributed by atoms with Gasteiger partial charge in [-0.3, -0.25) is 4.84 Å². The molecule has 1 heterocycles. The molecule has 162 valence electrons. The molecule has 0 aromatic heterocycles. The summed E-state index contributed by atoms with van der Waals surface area (Å²) in [5, 5.41) is 6.91. The van der Waals surface area contributed by atoms with Crippen molar-refractivity contribution in [2.24, 2.45) is 11.1 Å². The summed E-state index contributed by atoms with van der Waals surface area (Å²) < 4.78 is 0. The van der Waals surface area contributed by atoms with E-state index in [4.69, 9.17) is 9.68 Å². The average molecular weight is 409 g/mol. The van der Waals surface area contributed by atoms with Crippen LogP contribution >= 0.6 is 0 Å². The molecule has 2 aromatic rings. The van der Waals surface area contributed by atoms with Crippen LogP contribution in [0, 0.1) is 5.92 Å². The molecule has 0 saturated carbocycles. The predicted molar refractivity (Wildman–Crippen MR) is 123 cm³/mol. The molecule has 1 fully saturated rings. The number of hydroxylamine groups is 2. The van der Waals surface area contributed by atoms with E-state index in [-0.39, 0.29) is 17.0 Å². The minimum atomic E-state index is -0.160. The summed E-state index contributed by atoms with van der Waals surface area (Å²) in [6, 6.07) is 20.6. The fraction of sp³-hybridized carbons (Fsp3) is 0.500. The van der Waals surface area contributed by atoms with Crippen molar-refractivity contribution in [3.8, 4) is 0 Å². The van der Waals surface area contributed by atoms with Gasteiger partial charge in [0.15, 0.2) is 0 Å². The lowest BCUT2D eigenvalue weighted by molar-refractivity contribution is -0.294. The van der Waals surface area contributed by atoms with Crippen LogP contribution in [0.4, 0.5) is 0 Å². The molecule has 3 rings (SSSR count). The number of benzene rings is 2. The molecule has 3 unspecified atom stereocenters. The number of rotatable bonds is 8. The maximum Gasteiger partial charge on any atom is 0.142 e. The van der Waals surface area contributed by atoms with Gasteiger partial charge >= 0.3 is 0 Å². The molecule has 4 heteroatoms. The Balaban J connectivity index is 1.79. The van der Waals surface area contributed by atoms with Gasteiger partial charge in [-0.1, -0.05) is 86.6 Å². The third-order valence-electron chi connectivity index (χ3n) is 6.89. The highest BCUT2D eigenvalue weighted by atomic mass is 16.7. The highest BCUT2D eigenvalue weighted by molar-refractivity contribution is 5.89. The highest BCUT2D eigenvalue weighted by Gasteiger charge is 2.53. The molecule has 0 spiro atoms. The molecule has 1 aliphatic heterocycles. The summed E-state index contributed by atoms with van der Waals surface area (Å²) in [5.41, 5.74) is 3.15. The summed E-state index contributed by atoms with van der Waals surface area (Å²) >= 11 is 0. The molecule has 0 radical (unpaired) electrons. The van der Waals surface area contributed by atoms with Crippen molar-refractivity contribution in [1.82, 2.24) is 5.06 Å². The maximum absolute atomic E-state index is 6.51. The minimum absolute atomic E-state index is 0.138. The second-order valence-corrected chi connectivity index (χ2v) is 8.85. The minimum Gasteiger partial charge on any atom is -0.391 e. The van der Waals surface area contributed by atoms with Crippen LogP contribution in [0.5, 0.6) is 0 Å². The van der Waals surface area contributed by atoms with E-state index < -0.39 is 0 Å². The monoisotopic (exact) mass is 408 g/mol. The zero-order valence-corrected chi connectivity index (χ0v) is 19.1. The van der Waals surface area contributed by atoms with Gasteiger partial charge in [-0.25, -0.2) is 0 Å². The van der Waals surface area contributed by atoms with Gasteiger partial charge in [0.1, 0.15) is 6.61 Å². The molecule has 30 heavy (non-hydrogen) atoms. The molecule has 2 aromatic carbocycles. The van der Waals surface area contributed by atoms with Crippen molar-refractivity contribution in [1.29, 1.82) is 0 Å². The predicted octanol–water partition coefficient (Wildman–Crippen LogP) is 6.37. The Hall–Kier alpha value is -2.17. The second-order valence-electron chi connectivity index (χ2n) is 8.85. The van der Waals surface area contributed by atoms with Gasteiger partial charge in [-0.2, -0.15) is 5.06 Å². The first-order chi connectivity index (χ1) is 14.4. The molecule has 1 saturated heterocycles. The van der Waals surface area contributed by atoms with Gasteiger partial charge in [0.05, 0.1) is 17.9 Å². The Morgan fingerprint density at radius 1 is 0.900 bits per heavy atom. The van der Waals surface area contributed by atoms with Crippen molar-refractivity contribution < 1.29 is 9.68 Å². The summed E-state index contributed by atoms with van der Waals surface area (Å²) in [4.78, 5) is 12.3. The molecular formula is C26H36N2O2. The van der Waals surface area contributed by atoms with Crippen LogP contribution in [0.3, 0.4) is 0 Å². The lowest BCUT2D eigenvalue weighted by Gasteiger charge is -2.56. The normalized spacial score (nSPS) is 28.6. The number of hydrogen-bond donors (Lipinski definition) is 0. The van der Waals surface area contributed by atoms with Gasteiger partial charge in [0, 0.05) is 17.9 Å². The van der Waals surface area contributed by atoms with Crippen molar-refractivity contribution in [2.45, 2.75) is 78.2 Å². The van der Waals surface area contributed by atoms with E-state index in [9.17, 15) is 0 Å². The number of oxime groups is 1. The quantitative estimate of drug-likeness (QED) is 0.476. The number of hydrogen-bond acceptors (Lipinski definition) is 4. The molecule has 3 atom stereocenters. The van der Waals surface area contributed by atoms with E-state index in [0.717, 1.165) is 30.5 Å². The summed E-state index contributed by atoms with van der Waals surface area (Å²) in [6.45, 7) is 12.4. The number of nitrogens with zero attached hydrogens (tertiary/aromatic N) is 2. The third-order valence-corrected chi connectivity index (χ3v) is 6.89. The Morgan fingerprint density at radius 3 is 2.00 bits per heavy atom. The maximum atomic E-state index is 6.51. The van der Waals surface area contributed by atoms with E-state index in [0.29, 0.717) is 13.2 Å². The van der Waals surface area contributed by atoms with Crippen LogP contribution in [0.15, 0.2) is 65.8 Å². The molecule has 1 aliphatic rings. The highest BCUT2D eigenvalue weighted by Crippen LogP contribution is 2.44. The Bertz CT molecular complexity index is 823. The van der Waals surface area contributed by atoms with Crippen molar-refractivity contribution >= 4 is 5.71 Å². The fourth-order valence-electron chi connectivity index (χ4n) is 4.38. The smallest absolute Gasteiger partial charge is 0.142 e. The van der Waals surface area contributed by atoms with Crippen LogP contribution in [-0.4, -0.2) is 21.9 Å². The molecule has 0 bridgehead atoms.